The highest BCUT2D eigenvalue weighted by Crippen LogP contribution is 2.30. The molecule has 2 N–H and O–H groups in total. The molecule has 23 heavy (non-hydrogen) atoms. The van der Waals surface area contributed by atoms with E-state index in [1.165, 1.54) is 26.4 Å². The van der Waals surface area contributed by atoms with Gasteiger partial charge in [0.1, 0.15) is 23.2 Å². The summed E-state index contributed by atoms with van der Waals surface area (Å²) in [5, 5.41) is 18.3. The van der Waals surface area contributed by atoms with E-state index in [-0.39, 0.29) is 17.9 Å². The van der Waals surface area contributed by atoms with Crippen LogP contribution in [0.4, 0.5) is 0 Å². The molecule has 0 aliphatic heterocycles. The van der Waals surface area contributed by atoms with Crippen molar-refractivity contribution in [3.63, 3.8) is 0 Å². The number of aromatic carboxylic acids is 1. The van der Waals surface area contributed by atoms with Crippen molar-refractivity contribution in [2.45, 2.75) is 12.3 Å². The zero-order valence-electron chi connectivity index (χ0n) is 12.6. The third-order valence-corrected chi connectivity index (χ3v) is 3.39. The van der Waals surface area contributed by atoms with Gasteiger partial charge >= 0.3 is 11.9 Å². The van der Waals surface area contributed by atoms with E-state index in [9.17, 15) is 14.7 Å². The van der Waals surface area contributed by atoms with Gasteiger partial charge < -0.3 is 24.1 Å². The Morgan fingerprint density at radius 1 is 1.13 bits per heavy atom. The largest absolute Gasteiger partial charge is 0.497 e. The summed E-state index contributed by atoms with van der Waals surface area (Å²) in [7, 11) is 2.99. The summed E-state index contributed by atoms with van der Waals surface area (Å²) in [5.74, 6) is -2.56. The number of rotatable bonds is 7. The predicted molar refractivity (Wildman–Crippen MR) is 79.3 cm³/mol. The number of carboxylic acid groups (broad SMARTS) is 2. The lowest BCUT2D eigenvalue weighted by Gasteiger charge is -2.14. The van der Waals surface area contributed by atoms with Crippen LogP contribution in [-0.2, 0) is 11.2 Å². The summed E-state index contributed by atoms with van der Waals surface area (Å²) in [6, 6.07) is 7.65. The quantitative estimate of drug-likeness (QED) is 0.806. The second-order valence-corrected chi connectivity index (χ2v) is 4.78. The Morgan fingerprint density at radius 2 is 1.87 bits per heavy atom. The lowest BCUT2D eigenvalue weighted by atomic mass is 9.96. The third-order valence-electron chi connectivity index (χ3n) is 3.39. The maximum absolute atomic E-state index is 11.6. The van der Waals surface area contributed by atoms with Gasteiger partial charge in [-0.25, -0.2) is 4.79 Å². The second-order valence-electron chi connectivity index (χ2n) is 4.78. The van der Waals surface area contributed by atoms with Gasteiger partial charge in [-0.1, -0.05) is 0 Å². The van der Waals surface area contributed by atoms with Crippen LogP contribution in [0.15, 0.2) is 34.7 Å². The Kier molecular flexibility index (Phi) is 4.90. The van der Waals surface area contributed by atoms with Gasteiger partial charge in [0.15, 0.2) is 0 Å². The molecule has 0 aliphatic rings. The number of benzene rings is 1. The van der Waals surface area contributed by atoms with E-state index in [0.29, 0.717) is 17.1 Å². The SMILES string of the molecule is COc1ccc(OC)c(CC(C(=O)O)c2ccc(C(=O)O)o2)c1. The summed E-state index contributed by atoms with van der Waals surface area (Å²) in [6.45, 7) is 0. The van der Waals surface area contributed by atoms with E-state index in [1.807, 2.05) is 0 Å². The molecule has 2 rings (SSSR count). The maximum Gasteiger partial charge on any atom is 0.371 e. The molecule has 0 aliphatic carbocycles. The Hall–Kier alpha value is -2.96. The molecule has 0 radical (unpaired) electrons. The topological polar surface area (TPSA) is 106 Å². The van der Waals surface area contributed by atoms with Crippen LogP contribution in [0.1, 0.15) is 27.8 Å². The molecular formula is C16H16O7. The van der Waals surface area contributed by atoms with Gasteiger partial charge in [0, 0.05) is 0 Å². The first-order valence-corrected chi connectivity index (χ1v) is 6.73. The van der Waals surface area contributed by atoms with Gasteiger partial charge in [0.25, 0.3) is 0 Å². The average Bonchev–Trinajstić information content (AvgIpc) is 3.01. The number of methoxy groups -OCH3 is 2. The van der Waals surface area contributed by atoms with E-state index in [4.69, 9.17) is 19.0 Å². The summed E-state index contributed by atoms with van der Waals surface area (Å²) < 4.78 is 15.5. The molecule has 0 bridgehead atoms. The lowest BCUT2D eigenvalue weighted by molar-refractivity contribution is -0.139. The molecule has 122 valence electrons. The van der Waals surface area contributed by atoms with Crippen molar-refractivity contribution in [1.82, 2.24) is 0 Å². The molecular weight excluding hydrogens is 304 g/mol. The van der Waals surface area contributed by atoms with Gasteiger partial charge in [-0.05, 0) is 42.3 Å². The van der Waals surface area contributed by atoms with Crippen molar-refractivity contribution in [2.75, 3.05) is 14.2 Å². The van der Waals surface area contributed by atoms with Crippen LogP contribution in [0.5, 0.6) is 11.5 Å². The van der Waals surface area contributed by atoms with Crippen LogP contribution in [-0.4, -0.2) is 36.4 Å². The van der Waals surface area contributed by atoms with Gasteiger partial charge in [0.2, 0.25) is 5.76 Å². The molecule has 1 aromatic carbocycles. The molecule has 1 atom stereocenters. The van der Waals surface area contributed by atoms with Gasteiger partial charge in [-0.3, -0.25) is 4.79 Å². The van der Waals surface area contributed by atoms with Gasteiger partial charge in [-0.2, -0.15) is 0 Å². The normalized spacial score (nSPS) is 11.7. The van der Waals surface area contributed by atoms with Crippen LogP contribution in [0.3, 0.4) is 0 Å². The Bertz CT molecular complexity index is 717. The summed E-state index contributed by atoms with van der Waals surface area (Å²) in [5.41, 5.74) is 0.618. The minimum absolute atomic E-state index is 0.0692. The molecule has 0 amide bonds. The van der Waals surface area contributed by atoms with Crippen LogP contribution < -0.4 is 9.47 Å². The van der Waals surface area contributed by atoms with E-state index in [2.05, 4.69) is 0 Å². The van der Waals surface area contributed by atoms with Crippen molar-refractivity contribution < 1.29 is 33.7 Å². The molecule has 2 aromatic rings. The first-order valence-electron chi connectivity index (χ1n) is 6.73. The van der Waals surface area contributed by atoms with Crippen LogP contribution >= 0.6 is 0 Å². The fourth-order valence-corrected chi connectivity index (χ4v) is 2.23. The fraction of sp³-hybridized carbons (Fsp3) is 0.250. The monoisotopic (exact) mass is 320 g/mol. The van der Waals surface area contributed by atoms with Crippen molar-refractivity contribution >= 4 is 11.9 Å². The molecule has 0 fully saturated rings. The minimum atomic E-state index is -1.25. The van der Waals surface area contributed by atoms with Gasteiger partial charge in [0.05, 0.1) is 14.2 Å². The van der Waals surface area contributed by atoms with E-state index >= 15 is 0 Å². The first kappa shape index (κ1) is 16.4. The highest BCUT2D eigenvalue weighted by molar-refractivity contribution is 5.84. The third kappa shape index (κ3) is 3.63. The van der Waals surface area contributed by atoms with Crippen LogP contribution in [0.2, 0.25) is 0 Å². The maximum atomic E-state index is 11.6. The number of ether oxygens (including phenoxy) is 2. The van der Waals surface area contributed by atoms with E-state index < -0.39 is 17.9 Å². The second kappa shape index (κ2) is 6.87. The number of carboxylic acids is 2. The number of furan rings is 1. The van der Waals surface area contributed by atoms with Crippen molar-refractivity contribution in [1.29, 1.82) is 0 Å². The summed E-state index contributed by atoms with van der Waals surface area (Å²) >= 11 is 0. The van der Waals surface area contributed by atoms with Crippen LogP contribution in [0, 0.1) is 0 Å². The Balaban J connectivity index is 2.36. The number of carbonyl (C=O) groups is 2. The molecule has 1 heterocycles. The van der Waals surface area contributed by atoms with E-state index in [1.54, 1.807) is 18.2 Å². The van der Waals surface area contributed by atoms with E-state index in [0.717, 1.165) is 0 Å². The smallest absolute Gasteiger partial charge is 0.371 e. The molecule has 1 unspecified atom stereocenters. The van der Waals surface area contributed by atoms with Crippen molar-refractivity contribution in [2.24, 2.45) is 0 Å². The average molecular weight is 320 g/mol. The molecule has 1 aromatic heterocycles. The van der Waals surface area contributed by atoms with Crippen molar-refractivity contribution in [3.8, 4) is 11.5 Å². The van der Waals surface area contributed by atoms with Crippen molar-refractivity contribution in [3.05, 3.63) is 47.4 Å². The standard InChI is InChI=1S/C16H16O7/c1-21-10-3-4-12(22-2)9(7-10)8-11(15(17)18)13-5-6-14(23-13)16(19)20/h3-7,11H,8H2,1-2H3,(H,17,18)(H,19,20). The molecule has 7 nitrogen and oxygen atoms in total. The highest BCUT2D eigenvalue weighted by atomic mass is 16.5. The lowest BCUT2D eigenvalue weighted by Crippen LogP contribution is -2.14. The molecule has 0 saturated carbocycles. The molecule has 0 spiro atoms. The van der Waals surface area contributed by atoms with Crippen LogP contribution in [0.25, 0.3) is 0 Å². The predicted octanol–water partition coefficient (Wildman–Crippen LogP) is 2.41. The number of hydrogen-bond acceptors (Lipinski definition) is 5. The summed E-state index contributed by atoms with van der Waals surface area (Å²) in [6.07, 6.45) is 0.0717. The first-order chi connectivity index (χ1) is 11.0. The highest BCUT2D eigenvalue weighted by Gasteiger charge is 2.26. The molecule has 0 saturated heterocycles. The number of aliphatic carboxylic acids is 1. The van der Waals surface area contributed by atoms with Gasteiger partial charge in [-0.15, -0.1) is 0 Å². The number of hydrogen-bond donors (Lipinski definition) is 2. The Labute approximate surface area is 132 Å². The zero-order chi connectivity index (χ0) is 17.0. The Morgan fingerprint density at radius 3 is 2.39 bits per heavy atom. The molecule has 7 heteroatoms. The zero-order valence-corrected chi connectivity index (χ0v) is 12.6. The fourth-order valence-electron chi connectivity index (χ4n) is 2.23. The minimum Gasteiger partial charge on any atom is -0.497 e. The summed E-state index contributed by atoms with van der Waals surface area (Å²) in [4.78, 5) is 22.4.